The molecule has 4 aromatic rings. The smallest absolute Gasteiger partial charge is 0.261 e. The van der Waals surface area contributed by atoms with E-state index >= 15 is 0 Å². The summed E-state index contributed by atoms with van der Waals surface area (Å²) in [7, 11) is -2.04. The van der Waals surface area contributed by atoms with Crippen LogP contribution in [0.4, 0.5) is 22.7 Å². The highest BCUT2D eigenvalue weighted by molar-refractivity contribution is 7.92. The third-order valence-corrected chi connectivity index (χ3v) is 9.49. The molecule has 1 saturated heterocycles. The van der Waals surface area contributed by atoms with Crippen molar-refractivity contribution in [2.75, 3.05) is 46.9 Å². The van der Waals surface area contributed by atoms with Crippen LogP contribution in [-0.4, -0.2) is 51.8 Å². The molecule has 230 valence electrons. The molecule has 4 aromatic carbocycles. The van der Waals surface area contributed by atoms with Crippen LogP contribution in [0.15, 0.2) is 108 Å². The van der Waals surface area contributed by atoms with E-state index in [1.54, 1.807) is 48.3 Å². The van der Waals surface area contributed by atoms with Gasteiger partial charge in [-0.2, -0.15) is 0 Å². The van der Waals surface area contributed by atoms with Crippen molar-refractivity contribution in [3.63, 3.8) is 0 Å². The third kappa shape index (κ3) is 6.77. The second kappa shape index (κ2) is 13.0. The van der Waals surface area contributed by atoms with Crippen LogP contribution in [0.3, 0.4) is 0 Å². The Balaban J connectivity index is 1.29. The van der Waals surface area contributed by atoms with Crippen LogP contribution in [-0.2, 0) is 19.6 Å². The minimum atomic E-state index is -3.83. The number of likely N-dealkylation sites (tertiary alicyclic amines) is 1. The number of carbonyl (C=O) groups excluding carboxylic acids is 2. The molecular weight excluding hydrogens is 586 g/mol. The van der Waals surface area contributed by atoms with Crippen molar-refractivity contribution in [2.45, 2.75) is 24.2 Å². The summed E-state index contributed by atoms with van der Waals surface area (Å²) in [4.78, 5) is 30.4. The van der Waals surface area contributed by atoms with E-state index in [1.165, 1.54) is 18.6 Å². The van der Waals surface area contributed by atoms with Crippen molar-refractivity contribution in [1.82, 2.24) is 4.90 Å². The average molecular weight is 622 g/mol. The van der Waals surface area contributed by atoms with Crippen molar-refractivity contribution in [1.29, 1.82) is 0 Å². The second-order valence-corrected chi connectivity index (χ2v) is 12.9. The molecule has 45 heavy (non-hydrogen) atoms. The number of anilines is 4. The number of sulfonamides is 1. The number of fused-ring (bicyclic) bond motifs is 1. The molecule has 0 bridgehead atoms. The fourth-order valence-corrected chi connectivity index (χ4v) is 6.72. The number of amides is 2. The van der Waals surface area contributed by atoms with Gasteiger partial charge in [0.1, 0.15) is 0 Å². The molecule has 2 heterocycles. The molecule has 0 aliphatic carbocycles. The lowest BCUT2D eigenvalue weighted by molar-refractivity contribution is -0.119. The van der Waals surface area contributed by atoms with Gasteiger partial charge in [-0.25, -0.2) is 8.42 Å². The number of rotatable bonds is 9. The Kier molecular flexibility index (Phi) is 8.68. The topological polar surface area (TPSA) is 111 Å². The first-order valence-corrected chi connectivity index (χ1v) is 16.5. The van der Waals surface area contributed by atoms with Crippen molar-refractivity contribution in [3.05, 3.63) is 114 Å². The minimum absolute atomic E-state index is 0.0441. The number of hydrogen-bond donors (Lipinski definition) is 3. The van der Waals surface area contributed by atoms with Gasteiger partial charge in [0.15, 0.2) is 0 Å². The molecule has 0 spiro atoms. The SMILES string of the molecule is CN(C(=O)CN1CCCCC1)c1ccc(NC(=C2C(=O)Nc3ccc(NS(=O)(=O)c4ccccc4)cc32)c2ccccc2)cc1. The summed E-state index contributed by atoms with van der Waals surface area (Å²) in [5.41, 5.74) is 4.72. The maximum absolute atomic E-state index is 13.4. The van der Waals surface area contributed by atoms with Gasteiger partial charge < -0.3 is 15.5 Å². The van der Waals surface area contributed by atoms with Gasteiger partial charge in [0.05, 0.1) is 22.7 Å². The number of likely N-dealkylation sites (N-methyl/N-ethyl adjacent to an activating group) is 1. The quantitative estimate of drug-likeness (QED) is 0.202. The molecule has 9 nitrogen and oxygen atoms in total. The van der Waals surface area contributed by atoms with Crippen LogP contribution in [0.1, 0.15) is 30.4 Å². The first kappa shape index (κ1) is 30.1. The Morgan fingerprint density at radius 3 is 2.18 bits per heavy atom. The lowest BCUT2D eigenvalue weighted by Crippen LogP contribution is -2.40. The van der Waals surface area contributed by atoms with Crippen LogP contribution in [0.2, 0.25) is 0 Å². The van der Waals surface area contributed by atoms with E-state index in [0.717, 1.165) is 42.9 Å². The van der Waals surface area contributed by atoms with E-state index in [0.29, 0.717) is 34.8 Å². The molecule has 2 amide bonds. The van der Waals surface area contributed by atoms with Crippen LogP contribution in [0.5, 0.6) is 0 Å². The van der Waals surface area contributed by atoms with Gasteiger partial charge in [0.2, 0.25) is 5.91 Å². The van der Waals surface area contributed by atoms with Gasteiger partial charge in [0, 0.05) is 35.4 Å². The molecule has 10 heteroatoms. The summed E-state index contributed by atoms with van der Waals surface area (Å²) in [6.45, 7) is 2.31. The Bertz CT molecular complexity index is 1840. The van der Waals surface area contributed by atoms with E-state index in [9.17, 15) is 18.0 Å². The number of piperidine rings is 1. The summed E-state index contributed by atoms with van der Waals surface area (Å²) >= 11 is 0. The maximum Gasteiger partial charge on any atom is 0.261 e. The minimum Gasteiger partial charge on any atom is -0.354 e. The molecule has 3 N–H and O–H groups in total. The number of hydrogen-bond acceptors (Lipinski definition) is 6. The standard InChI is InChI=1S/C35H35N5O4S/c1-39(32(41)24-40-21-9-4-10-22-40)28-18-15-26(16-19-28)36-34(25-11-5-2-6-12-25)33-30-23-27(17-20-31(30)37-35(33)42)38-45(43,44)29-13-7-3-8-14-29/h2-3,5-8,11-20,23,36,38H,4,9-10,21-22,24H2,1H3,(H,37,42). The Hall–Kier alpha value is -4.93. The normalized spacial score (nSPS) is 16.0. The molecule has 0 radical (unpaired) electrons. The predicted molar refractivity (Wildman–Crippen MR) is 179 cm³/mol. The number of carbonyl (C=O) groups is 2. The lowest BCUT2D eigenvalue weighted by atomic mass is 9.99. The highest BCUT2D eigenvalue weighted by Gasteiger charge is 2.29. The van der Waals surface area contributed by atoms with Crippen molar-refractivity contribution in [3.8, 4) is 0 Å². The van der Waals surface area contributed by atoms with Gasteiger partial charge in [0.25, 0.3) is 15.9 Å². The first-order valence-electron chi connectivity index (χ1n) is 15.0. The van der Waals surface area contributed by atoms with Crippen LogP contribution in [0.25, 0.3) is 11.3 Å². The fraction of sp³-hybridized carbons (Fsp3) is 0.200. The van der Waals surface area contributed by atoms with Gasteiger partial charge in [-0.15, -0.1) is 0 Å². The zero-order chi connectivity index (χ0) is 31.4. The van der Waals surface area contributed by atoms with E-state index in [2.05, 4.69) is 20.3 Å². The Morgan fingerprint density at radius 1 is 0.844 bits per heavy atom. The molecule has 1 fully saturated rings. The molecule has 0 atom stereocenters. The van der Waals surface area contributed by atoms with Crippen LogP contribution < -0.4 is 20.3 Å². The van der Waals surface area contributed by atoms with E-state index in [4.69, 9.17) is 0 Å². The van der Waals surface area contributed by atoms with Crippen LogP contribution >= 0.6 is 0 Å². The van der Waals surface area contributed by atoms with Gasteiger partial charge in [-0.3, -0.25) is 19.2 Å². The zero-order valence-corrected chi connectivity index (χ0v) is 25.8. The number of nitrogens with zero attached hydrogens (tertiary/aromatic N) is 2. The zero-order valence-electron chi connectivity index (χ0n) is 25.0. The summed E-state index contributed by atoms with van der Waals surface area (Å²) in [5, 5.41) is 6.34. The Labute approximate surface area is 263 Å². The van der Waals surface area contributed by atoms with Gasteiger partial charge >= 0.3 is 0 Å². The van der Waals surface area contributed by atoms with E-state index in [1.807, 2.05) is 54.6 Å². The maximum atomic E-state index is 13.4. The monoisotopic (exact) mass is 621 g/mol. The van der Waals surface area contributed by atoms with E-state index < -0.39 is 10.0 Å². The average Bonchev–Trinajstić information content (AvgIpc) is 3.39. The summed E-state index contributed by atoms with van der Waals surface area (Å²) in [5.74, 6) is -0.262. The molecule has 0 aromatic heterocycles. The number of nitrogens with one attached hydrogen (secondary N) is 3. The lowest BCUT2D eigenvalue weighted by Gasteiger charge is -2.28. The molecule has 0 saturated carbocycles. The number of benzene rings is 4. The van der Waals surface area contributed by atoms with Crippen molar-refractivity contribution in [2.24, 2.45) is 0 Å². The van der Waals surface area contributed by atoms with Crippen molar-refractivity contribution >= 4 is 55.9 Å². The summed E-state index contributed by atoms with van der Waals surface area (Å²) < 4.78 is 28.7. The third-order valence-electron chi connectivity index (χ3n) is 8.09. The van der Waals surface area contributed by atoms with Gasteiger partial charge in [-0.1, -0.05) is 55.0 Å². The van der Waals surface area contributed by atoms with E-state index in [-0.39, 0.29) is 16.7 Å². The summed E-state index contributed by atoms with van der Waals surface area (Å²) in [6.07, 6.45) is 3.48. The highest BCUT2D eigenvalue weighted by atomic mass is 32.2. The van der Waals surface area contributed by atoms with Crippen LogP contribution in [0, 0.1) is 0 Å². The first-order chi connectivity index (χ1) is 21.8. The fourth-order valence-electron chi connectivity index (χ4n) is 5.65. The predicted octanol–water partition coefficient (Wildman–Crippen LogP) is 5.87. The molecule has 0 unspecified atom stereocenters. The molecular formula is C35H35N5O4S. The Morgan fingerprint density at radius 2 is 1.49 bits per heavy atom. The molecule has 6 rings (SSSR count). The largest absolute Gasteiger partial charge is 0.354 e. The summed E-state index contributed by atoms with van der Waals surface area (Å²) in [6, 6.07) is 30.1. The second-order valence-electron chi connectivity index (χ2n) is 11.2. The van der Waals surface area contributed by atoms with Crippen molar-refractivity contribution < 1.29 is 18.0 Å². The van der Waals surface area contributed by atoms with Gasteiger partial charge in [-0.05, 0) is 86.1 Å². The molecule has 2 aliphatic heterocycles. The molecule has 2 aliphatic rings. The highest BCUT2D eigenvalue weighted by Crippen LogP contribution is 2.39.